The van der Waals surface area contributed by atoms with E-state index in [4.69, 9.17) is 16.7 Å². The number of nitrogens with zero attached hydrogens (tertiary/aromatic N) is 2. The first-order valence-corrected chi connectivity index (χ1v) is 6.51. The summed E-state index contributed by atoms with van der Waals surface area (Å²) >= 11 is 6.04. The van der Waals surface area contributed by atoms with Gasteiger partial charge in [0.2, 0.25) is 0 Å². The van der Waals surface area contributed by atoms with E-state index in [2.05, 4.69) is 4.98 Å². The Bertz CT molecular complexity index is 519. The lowest BCUT2D eigenvalue weighted by molar-refractivity contribution is -0.143. The number of pyridine rings is 1. The zero-order valence-electron chi connectivity index (χ0n) is 10.6. The van der Waals surface area contributed by atoms with Gasteiger partial charge in [0.05, 0.1) is 16.5 Å². The number of carboxylic acids is 1. The molecule has 1 saturated heterocycles. The summed E-state index contributed by atoms with van der Waals surface area (Å²) < 4.78 is 0. The van der Waals surface area contributed by atoms with E-state index in [-0.39, 0.29) is 12.5 Å². The molecule has 5 nitrogen and oxygen atoms in total. The molecule has 0 aromatic carbocycles. The highest BCUT2D eigenvalue weighted by atomic mass is 35.5. The van der Waals surface area contributed by atoms with Crippen molar-refractivity contribution in [1.29, 1.82) is 0 Å². The molecule has 1 atom stereocenters. The minimum atomic E-state index is -0.856. The lowest BCUT2D eigenvalue weighted by Gasteiger charge is -2.30. The van der Waals surface area contributed by atoms with Gasteiger partial charge in [-0.2, -0.15) is 0 Å². The number of halogens is 1. The second kappa shape index (κ2) is 5.57. The second-order valence-corrected chi connectivity index (χ2v) is 5.14. The van der Waals surface area contributed by atoms with Crippen LogP contribution >= 0.6 is 11.6 Å². The van der Waals surface area contributed by atoms with Gasteiger partial charge in [0, 0.05) is 25.0 Å². The minimum Gasteiger partial charge on any atom is -0.481 e. The van der Waals surface area contributed by atoms with Crippen LogP contribution in [0.2, 0.25) is 5.02 Å². The van der Waals surface area contributed by atoms with Gasteiger partial charge in [0.15, 0.2) is 0 Å². The predicted octanol–water partition coefficient (Wildman–Crippen LogP) is 1.98. The van der Waals surface area contributed by atoms with Crippen LogP contribution in [-0.2, 0) is 4.79 Å². The fraction of sp³-hybridized carbons (Fsp3) is 0.462. The zero-order valence-corrected chi connectivity index (χ0v) is 11.4. The van der Waals surface area contributed by atoms with Crippen LogP contribution < -0.4 is 0 Å². The van der Waals surface area contributed by atoms with Gasteiger partial charge in [-0.15, -0.1) is 0 Å². The number of rotatable bonds is 2. The third-order valence-electron chi connectivity index (χ3n) is 3.28. The molecule has 6 heteroatoms. The van der Waals surface area contributed by atoms with Crippen molar-refractivity contribution in [2.45, 2.75) is 19.8 Å². The van der Waals surface area contributed by atoms with E-state index in [1.807, 2.05) is 0 Å². The van der Waals surface area contributed by atoms with Crippen molar-refractivity contribution < 1.29 is 14.7 Å². The third-order valence-corrected chi connectivity index (χ3v) is 3.59. The second-order valence-electron chi connectivity index (χ2n) is 4.73. The molecular formula is C13H15ClN2O3. The number of aliphatic carboxylic acids is 1. The number of aromatic nitrogens is 1. The number of aryl methyl sites for hydroxylation is 1. The number of carbonyl (C=O) groups is 2. The number of amides is 1. The molecule has 1 N–H and O–H groups in total. The third kappa shape index (κ3) is 3.04. The highest BCUT2D eigenvalue weighted by Gasteiger charge is 2.29. The summed E-state index contributed by atoms with van der Waals surface area (Å²) in [5, 5.41) is 9.38. The van der Waals surface area contributed by atoms with Gasteiger partial charge in [-0.25, -0.2) is 0 Å². The Morgan fingerprint density at radius 3 is 2.89 bits per heavy atom. The molecule has 0 radical (unpaired) electrons. The lowest BCUT2D eigenvalue weighted by Crippen LogP contribution is -2.42. The van der Waals surface area contributed by atoms with Crippen molar-refractivity contribution in [3.05, 3.63) is 28.5 Å². The summed E-state index contributed by atoms with van der Waals surface area (Å²) in [7, 11) is 0. The molecule has 2 heterocycles. The maximum atomic E-state index is 12.3. The quantitative estimate of drug-likeness (QED) is 0.900. The molecule has 1 aliphatic heterocycles. The Morgan fingerprint density at radius 2 is 2.26 bits per heavy atom. The van der Waals surface area contributed by atoms with Crippen LogP contribution in [0.15, 0.2) is 12.3 Å². The molecule has 1 aliphatic rings. The van der Waals surface area contributed by atoms with Crippen molar-refractivity contribution in [2.75, 3.05) is 13.1 Å². The Kier molecular flexibility index (Phi) is 4.04. The summed E-state index contributed by atoms with van der Waals surface area (Å²) in [6.07, 6.45) is 2.75. The van der Waals surface area contributed by atoms with E-state index in [1.165, 1.54) is 6.20 Å². The maximum absolute atomic E-state index is 12.3. The normalized spacial score (nSPS) is 19.3. The van der Waals surface area contributed by atoms with Crippen LogP contribution in [0.3, 0.4) is 0 Å². The molecule has 19 heavy (non-hydrogen) atoms. The van der Waals surface area contributed by atoms with Crippen LogP contribution in [0.5, 0.6) is 0 Å². The molecule has 0 saturated carbocycles. The zero-order chi connectivity index (χ0) is 14.0. The van der Waals surface area contributed by atoms with Gasteiger partial charge >= 0.3 is 5.97 Å². The number of likely N-dealkylation sites (tertiary alicyclic amines) is 1. The van der Waals surface area contributed by atoms with E-state index in [1.54, 1.807) is 17.9 Å². The predicted molar refractivity (Wildman–Crippen MR) is 70.2 cm³/mol. The van der Waals surface area contributed by atoms with E-state index >= 15 is 0 Å². The highest BCUT2D eigenvalue weighted by molar-refractivity contribution is 6.33. The molecule has 0 aliphatic carbocycles. The van der Waals surface area contributed by atoms with Gasteiger partial charge in [0.25, 0.3) is 5.91 Å². The maximum Gasteiger partial charge on any atom is 0.308 e. The molecule has 1 fully saturated rings. The fourth-order valence-electron chi connectivity index (χ4n) is 2.22. The van der Waals surface area contributed by atoms with Gasteiger partial charge in [-0.3, -0.25) is 14.6 Å². The standard InChI is InChI=1S/C13H15ClN2O3/c1-8-5-11(14)10(6-15-8)12(17)16-4-2-3-9(7-16)13(18)19/h5-6,9H,2-4,7H2,1H3,(H,18,19). The number of carboxylic acid groups (broad SMARTS) is 1. The molecule has 1 unspecified atom stereocenters. The molecule has 1 amide bonds. The Morgan fingerprint density at radius 1 is 1.53 bits per heavy atom. The van der Waals surface area contributed by atoms with Crippen LogP contribution in [0.1, 0.15) is 28.9 Å². The van der Waals surface area contributed by atoms with Crippen LogP contribution in [-0.4, -0.2) is 40.0 Å². The summed E-state index contributed by atoms with van der Waals surface area (Å²) in [6, 6.07) is 1.63. The Hall–Kier alpha value is -1.62. The Labute approximate surface area is 116 Å². The van der Waals surface area contributed by atoms with Crippen LogP contribution in [0.25, 0.3) is 0 Å². The van der Waals surface area contributed by atoms with E-state index in [0.29, 0.717) is 30.0 Å². The Balaban J connectivity index is 2.17. The molecule has 102 valence electrons. The number of piperidine rings is 1. The monoisotopic (exact) mass is 282 g/mol. The van der Waals surface area contributed by atoms with Gasteiger partial charge in [-0.05, 0) is 25.8 Å². The summed E-state index contributed by atoms with van der Waals surface area (Å²) in [5.41, 5.74) is 1.07. The van der Waals surface area contributed by atoms with Crippen molar-refractivity contribution >= 4 is 23.5 Å². The first-order chi connectivity index (χ1) is 8.99. The number of carbonyl (C=O) groups excluding carboxylic acids is 1. The van der Waals surface area contributed by atoms with Crippen LogP contribution in [0.4, 0.5) is 0 Å². The summed E-state index contributed by atoms with van der Waals surface area (Å²) in [6.45, 7) is 2.59. The number of hydrogen-bond acceptors (Lipinski definition) is 3. The first kappa shape index (κ1) is 13.8. The van der Waals surface area contributed by atoms with Gasteiger partial charge in [-0.1, -0.05) is 11.6 Å². The van der Waals surface area contributed by atoms with Crippen molar-refractivity contribution in [2.24, 2.45) is 5.92 Å². The van der Waals surface area contributed by atoms with Gasteiger partial charge in [0.1, 0.15) is 0 Å². The molecule has 1 aromatic rings. The topological polar surface area (TPSA) is 70.5 Å². The van der Waals surface area contributed by atoms with E-state index in [0.717, 1.165) is 5.69 Å². The van der Waals surface area contributed by atoms with Crippen molar-refractivity contribution in [3.8, 4) is 0 Å². The minimum absolute atomic E-state index is 0.234. The fourth-order valence-corrected chi connectivity index (χ4v) is 2.50. The SMILES string of the molecule is Cc1cc(Cl)c(C(=O)N2CCCC(C(=O)O)C2)cn1. The highest BCUT2D eigenvalue weighted by Crippen LogP contribution is 2.22. The molecular weight excluding hydrogens is 268 g/mol. The summed E-state index contributed by atoms with van der Waals surface area (Å²) in [5.74, 6) is -1.59. The molecule has 0 spiro atoms. The summed E-state index contributed by atoms with van der Waals surface area (Å²) in [4.78, 5) is 28.9. The van der Waals surface area contributed by atoms with E-state index < -0.39 is 11.9 Å². The molecule has 2 rings (SSSR count). The van der Waals surface area contributed by atoms with E-state index in [9.17, 15) is 9.59 Å². The average Bonchev–Trinajstić information content (AvgIpc) is 2.38. The average molecular weight is 283 g/mol. The lowest BCUT2D eigenvalue weighted by atomic mass is 9.98. The largest absolute Gasteiger partial charge is 0.481 e. The molecule has 1 aromatic heterocycles. The number of hydrogen-bond donors (Lipinski definition) is 1. The van der Waals surface area contributed by atoms with Crippen LogP contribution in [0, 0.1) is 12.8 Å². The van der Waals surface area contributed by atoms with Crippen molar-refractivity contribution in [3.63, 3.8) is 0 Å². The molecule has 0 bridgehead atoms. The van der Waals surface area contributed by atoms with Crippen molar-refractivity contribution in [1.82, 2.24) is 9.88 Å². The smallest absolute Gasteiger partial charge is 0.308 e. The van der Waals surface area contributed by atoms with Gasteiger partial charge < -0.3 is 10.0 Å². The first-order valence-electron chi connectivity index (χ1n) is 6.13.